The van der Waals surface area contributed by atoms with Gasteiger partial charge in [0, 0.05) is 0 Å². The van der Waals surface area contributed by atoms with Gasteiger partial charge >= 0.3 is 177 Å². The monoisotopic (exact) mass is 491 g/mol. The molecule has 0 bridgehead atoms. The van der Waals surface area contributed by atoms with Gasteiger partial charge in [0.15, 0.2) is 0 Å². The van der Waals surface area contributed by atoms with E-state index < -0.39 is 32.8 Å². The standard InChI is InChI=1S/C24H25FIO2/c25-23-16-22(15-20(17-27)24(23)28)26-21-12-8-11-19(13-14-21)18-9-6-4-2-1-3-5-7-10-18/h1-7,9-10,15-17,19,21,28H,8,11-14H2/q-1. The van der Waals surface area contributed by atoms with Crippen molar-refractivity contribution in [2.45, 2.75) is 41.9 Å². The molecular weight excluding hydrogens is 466 g/mol. The molecule has 2 aromatic carbocycles. The summed E-state index contributed by atoms with van der Waals surface area (Å²) in [5.41, 5.74) is 1.43. The Balaban J connectivity index is 1.71. The molecule has 148 valence electrons. The Bertz CT molecular complexity index is 842. The van der Waals surface area contributed by atoms with Crippen molar-refractivity contribution in [1.29, 1.82) is 0 Å². The zero-order valence-corrected chi connectivity index (χ0v) is 17.9. The van der Waals surface area contributed by atoms with Gasteiger partial charge in [-0.05, 0) is 0 Å². The minimum absolute atomic E-state index is 0.0619. The van der Waals surface area contributed by atoms with Crippen molar-refractivity contribution in [2.75, 3.05) is 0 Å². The molecule has 1 saturated carbocycles. The number of aromatic hydroxyl groups is 1. The average molecular weight is 491 g/mol. The van der Waals surface area contributed by atoms with Gasteiger partial charge < -0.3 is 0 Å². The van der Waals surface area contributed by atoms with Crippen molar-refractivity contribution in [3.63, 3.8) is 0 Å². The third kappa shape index (κ3) is 5.77. The third-order valence-electron chi connectivity index (χ3n) is 5.08. The molecule has 4 heteroatoms. The molecule has 28 heavy (non-hydrogen) atoms. The van der Waals surface area contributed by atoms with E-state index in [1.165, 1.54) is 24.5 Å². The Hall–Kier alpha value is -1.95. The van der Waals surface area contributed by atoms with Crippen molar-refractivity contribution < 1.29 is 35.5 Å². The summed E-state index contributed by atoms with van der Waals surface area (Å²) in [5, 5.41) is 9.61. The number of rotatable bonds is 4. The van der Waals surface area contributed by atoms with Gasteiger partial charge in [-0.1, -0.05) is 0 Å². The number of aldehydes is 1. The SMILES string of the molecule is O=Cc1cc([I-]C2CCCC(c3ccccccccc3)CC2)cc(F)c1O. The maximum absolute atomic E-state index is 13.9. The number of hydrogen-bond acceptors (Lipinski definition) is 2. The van der Waals surface area contributed by atoms with E-state index in [0.29, 0.717) is 16.1 Å². The Labute approximate surface area is 176 Å². The second-order valence-electron chi connectivity index (χ2n) is 7.04. The van der Waals surface area contributed by atoms with Crippen LogP contribution >= 0.6 is 0 Å². The molecule has 0 aromatic heterocycles. The first kappa shape index (κ1) is 20.8. The first-order valence-electron chi connectivity index (χ1n) is 9.66. The van der Waals surface area contributed by atoms with Crippen molar-refractivity contribution in [3.05, 3.63) is 87.2 Å². The van der Waals surface area contributed by atoms with Crippen LogP contribution in [-0.4, -0.2) is 15.3 Å². The summed E-state index contributed by atoms with van der Waals surface area (Å²) < 4.78 is 15.4. The number of hydrogen-bond donors (Lipinski definition) is 1. The summed E-state index contributed by atoms with van der Waals surface area (Å²) >= 11 is -0.402. The Morgan fingerprint density at radius 1 is 0.929 bits per heavy atom. The molecule has 0 radical (unpaired) electrons. The van der Waals surface area contributed by atoms with E-state index in [9.17, 15) is 14.3 Å². The molecular formula is C24H25FIO2-. The van der Waals surface area contributed by atoms with Crippen molar-refractivity contribution in [2.24, 2.45) is 0 Å². The molecule has 1 aliphatic carbocycles. The predicted molar refractivity (Wildman–Crippen MR) is 106 cm³/mol. The van der Waals surface area contributed by atoms with Gasteiger partial charge in [-0.3, -0.25) is 0 Å². The molecule has 0 aliphatic heterocycles. The first-order valence-corrected chi connectivity index (χ1v) is 12.0. The maximum atomic E-state index is 13.9. The van der Waals surface area contributed by atoms with Crippen molar-refractivity contribution in [1.82, 2.24) is 0 Å². The van der Waals surface area contributed by atoms with Gasteiger partial charge in [-0.25, -0.2) is 0 Å². The van der Waals surface area contributed by atoms with Gasteiger partial charge in [0.05, 0.1) is 0 Å². The summed E-state index contributed by atoms with van der Waals surface area (Å²) in [7, 11) is 0. The number of alkyl halides is 1. The normalized spacial score (nSPS) is 19.5. The minimum atomic E-state index is -0.684. The molecule has 1 N–H and O–H groups in total. The molecule has 2 aromatic rings. The molecule has 0 spiro atoms. The van der Waals surface area contributed by atoms with Crippen molar-refractivity contribution in [3.8, 4) is 5.75 Å². The van der Waals surface area contributed by atoms with Crippen LogP contribution in [0.3, 0.4) is 0 Å². The number of benzene rings is 1. The third-order valence-corrected chi connectivity index (χ3v) is 8.55. The van der Waals surface area contributed by atoms with E-state index in [0.717, 1.165) is 22.8 Å². The van der Waals surface area contributed by atoms with Crippen LogP contribution in [0.4, 0.5) is 4.39 Å². The van der Waals surface area contributed by atoms with E-state index in [-0.39, 0.29) is 5.56 Å². The van der Waals surface area contributed by atoms with Gasteiger partial charge in [0.2, 0.25) is 0 Å². The van der Waals surface area contributed by atoms with E-state index in [1.807, 2.05) is 18.2 Å². The Kier molecular flexibility index (Phi) is 7.83. The predicted octanol–water partition coefficient (Wildman–Crippen LogP) is 2.84. The average Bonchev–Trinajstić information content (AvgIpc) is 2.94. The van der Waals surface area contributed by atoms with Crippen LogP contribution < -0.4 is 21.2 Å². The van der Waals surface area contributed by atoms with Gasteiger partial charge in [0.1, 0.15) is 0 Å². The fraction of sp³-hybridized carbons (Fsp3) is 0.292. The first-order chi connectivity index (χ1) is 13.7. The Morgan fingerprint density at radius 3 is 2.29 bits per heavy atom. The van der Waals surface area contributed by atoms with E-state index >= 15 is 0 Å². The number of carbonyl (C=O) groups is 1. The molecule has 2 unspecified atom stereocenters. The summed E-state index contributed by atoms with van der Waals surface area (Å²) in [4.78, 5) is 11.1. The van der Waals surface area contributed by atoms with E-state index in [4.69, 9.17) is 0 Å². The second kappa shape index (κ2) is 10.6. The summed E-state index contributed by atoms with van der Waals surface area (Å²) in [5.74, 6) is -0.666. The number of carbonyl (C=O) groups excluding carboxylic acids is 1. The van der Waals surface area contributed by atoms with Crippen LogP contribution in [-0.2, 0) is 0 Å². The zero-order chi connectivity index (χ0) is 19.8. The number of halogens is 2. The molecule has 1 aliphatic rings. The van der Waals surface area contributed by atoms with Gasteiger partial charge in [-0.2, -0.15) is 0 Å². The molecule has 3 rings (SSSR count). The topological polar surface area (TPSA) is 37.3 Å². The van der Waals surface area contributed by atoms with Crippen LogP contribution in [0.15, 0.2) is 66.7 Å². The van der Waals surface area contributed by atoms with E-state index in [1.54, 1.807) is 6.07 Å². The van der Waals surface area contributed by atoms with Crippen LogP contribution in [0, 0.1) is 9.39 Å². The van der Waals surface area contributed by atoms with Crippen LogP contribution in [0.1, 0.15) is 53.9 Å². The van der Waals surface area contributed by atoms with E-state index in [2.05, 4.69) is 36.4 Å². The molecule has 0 heterocycles. The van der Waals surface area contributed by atoms with Crippen molar-refractivity contribution >= 4 is 6.29 Å². The van der Waals surface area contributed by atoms with Crippen LogP contribution in [0.5, 0.6) is 5.75 Å². The molecule has 1 fully saturated rings. The Morgan fingerprint density at radius 2 is 1.61 bits per heavy atom. The molecule has 0 amide bonds. The molecule has 2 atom stereocenters. The van der Waals surface area contributed by atoms with Crippen LogP contribution in [0.2, 0.25) is 0 Å². The zero-order valence-electron chi connectivity index (χ0n) is 15.7. The van der Waals surface area contributed by atoms with Gasteiger partial charge in [-0.15, -0.1) is 0 Å². The number of phenols is 1. The van der Waals surface area contributed by atoms with Gasteiger partial charge in [0.25, 0.3) is 0 Å². The fourth-order valence-corrected chi connectivity index (χ4v) is 7.01. The second-order valence-corrected chi connectivity index (χ2v) is 10.7. The summed E-state index contributed by atoms with van der Waals surface area (Å²) in [6.07, 6.45) is 6.28. The summed E-state index contributed by atoms with van der Waals surface area (Å²) in [6.45, 7) is 0. The molecule has 2 nitrogen and oxygen atoms in total. The molecule has 0 saturated heterocycles. The fourth-order valence-electron chi connectivity index (χ4n) is 3.60. The quantitative estimate of drug-likeness (QED) is 0.309. The summed E-state index contributed by atoms with van der Waals surface area (Å²) in [6, 6.07) is 21.9. The van der Waals surface area contributed by atoms with Crippen LogP contribution in [0.25, 0.3) is 0 Å². The number of phenolic OH excluding ortho intramolecular Hbond substituents is 1.